The van der Waals surface area contributed by atoms with Crippen molar-refractivity contribution in [2.75, 3.05) is 0 Å². The minimum absolute atomic E-state index is 0.0645. The summed E-state index contributed by atoms with van der Waals surface area (Å²) in [5.41, 5.74) is -0.0683. The van der Waals surface area contributed by atoms with Crippen LogP contribution in [-0.4, -0.2) is 10.4 Å². The van der Waals surface area contributed by atoms with Crippen LogP contribution in [-0.2, 0) is 7.05 Å². The lowest BCUT2D eigenvalue weighted by Gasteiger charge is -1.89. The van der Waals surface area contributed by atoms with E-state index in [0.717, 1.165) is 4.88 Å². The summed E-state index contributed by atoms with van der Waals surface area (Å²) in [5.74, 6) is -0.0645. The third-order valence-corrected chi connectivity index (χ3v) is 6.06. The number of Topliss-reactive ketones (excluding diaryl/α,β-unsaturated/α-hetero) is 1. The van der Waals surface area contributed by atoms with Crippen LogP contribution >= 0.6 is 34.0 Å². The minimum Gasteiger partial charge on any atom is -0.302 e. The highest BCUT2D eigenvalue weighted by Crippen LogP contribution is 2.15. The monoisotopic (exact) mass is 347 g/mol. The molecule has 3 heterocycles. The molecule has 0 amide bonds. The number of aryl methyl sites for hydroxylation is 1. The molecule has 0 saturated carbocycles. The Morgan fingerprint density at radius 2 is 2.05 bits per heavy atom. The van der Waals surface area contributed by atoms with E-state index < -0.39 is 0 Å². The van der Waals surface area contributed by atoms with E-state index in [1.165, 1.54) is 38.2 Å². The fraction of sp³-hybridized carbons (Fsp3) is 0.125. The average Bonchev–Trinajstić information content (AvgIpc) is 3.19. The van der Waals surface area contributed by atoms with E-state index >= 15 is 0 Å². The zero-order valence-corrected chi connectivity index (χ0v) is 14.5. The van der Waals surface area contributed by atoms with Gasteiger partial charge < -0.3 is 4.57 Å². The molecule has 0 aliphatic rings. The van der Waals surface area contributed by atoms with E-state index in [1.807, 2.05) is 36.6 Å². The number of ketones is 1. The fourth-order valence-electron chi connectivity index (χ4n) is 1.97. The molecule has 0 unspecified atom stereocenters. The lowest BCUT2D eigenvalue weighted by atomic mass is 10.3. The third-order valence-electron chi connectivity index (χ3n) is 3.11. The topological polar surface area (TPSA) is 39.1 Å². The van der Waals surface area contributed by atoms with Crippen molar-refractivity contribution in [2.45, 2.75) is 6.92 Å². The van der Waals surface area contributed by atoms with E-state index in [2.05, 4.69) is 0 Å². The molecule has 6 heteroatoms. The molecule has 22 heavy (non-hydrogen) atoms. The van der Waals surface area contributed by atoms with Crippen molar-refractivity contribution < 1.29 is 4.79 Å². The Labute approximate surface area is 139 Å². The first-order valence-corrected chi connectivity index (χ1v) is 9.09. The highest BCUT2D eigenvalue weighted by atomic mass is 32.1. The number of carbonyl (C=O) groups excluding carboxylic acids is 1. The minimum atomic E-state index is -0.0683. The van der Waals surface area contributed by atoms with Crippen molar-refractivity contribution in [3.05, 3.63) is 63.8 Å². The van der Waals surface area contributed by atoms with Crippen LogP contribution in [0.3, 0.4) is 0 Å². The van der Waals surface area contributed by atoms with Crippen LogP contribution < -0.4 is 14.8 Å². The third kappa shape index (κ3) is 3.04. The summed E-state index contributed by atoms with van der Waals surface area (Å²) in [5, 5.41) is 1.87. The molecular weight excluding hydrogens is 334 g/mol. The molecule has 0 N–H and O–H groups in total. The van der Waals surface area contributed by atoms with Gasteiger partial charge in [-0.15, -0.1) is 34.0 Å². The summed E-state index contributed by atoms with van der Waals surface area (Å²) in [6.07, 6.45) is 3.42. The van der Waals surface area contributed by atoms with Crippen molar-refractivity contribution >= 4 is 51.9 Å². The van der Waals surface area contributed by atoms with Gasteiger partial charge in [0.25, 0.3) is 5.56 Å². The van der Waals surface area contributed by atoms with Crippen molar-refractivity contribution in [2.24, 2.45) is 7.05 Å². The molecule has 0 radical (unpaired) electrons. The van der Waals surface area contributed by atoms with Crippen LogP contribution in [0.15, 0.2) is 34.4 Å². The molecule has 0 spiro atoms. The van der Waals surface area contributed by atoms with Gasteiger partial charge in [-0.05, 0) is 36.6 Å². The average molecular weight is 347 g/mol. The lowest BCUT2D eigenvalue weighted by Crippen LogP contribution is -2.28. The summed E-state index contributed by atoms with van der Waals surface area (Å²) in [6.45, 7) is 2.04. The van der Waals surface area contributed by atoms with Crippen molar-refractivity contribution in [1.29, 1.82) is 0 Å². The van der Waals surface area contributed by atoms with E-state index in [0.29, 0.717) is 14.1 Å². The Balaban J connectivity index is 2.08. The number of thiazole rings is 1. The second-order valence-electron chi connectivity index (χ2n) is 4.75. The van der Waals surface area contributed by atoms with Gasteiger partial charge in [-0.25, -0.2) is 0 Å². The van der Waals surface area contributed by atoms with Crippen LogP contribution in [0.4, 0.5) is 0 Å². The Bertz CT molecular complexity index is 987. The molecule has 112 valence electrons. The Morgan fingerprint density at radius 1 is 1.23 bits per heavy atom. The van der Waals surface area contributed by atoms with Crippen LogP contribution in [0.25, 0.3) is 12.2 Å². The molecule has 0 saturated heterocycles. The summed E-state index contributed by atoms with van der Waals surface area (Å²) >= 11 is 4.39. The quantitative estimate of drug-likeness (QED) is 0.683. The normalized spacial score (nSPS) is 13.0. The van der Waals surface area contributed by atoms with Crippen LogP contribution in [0.5, 0.6) is 0 Å². The van der Waals surface area contributed by atoms with Crippen molar-refractivity contribution in [3.8, 4) is 0 Å². The number of hydrogen-bond acceptors (Lipinski definition) is 5. The first-order valence-electron chi connectivity index (χ1n) is 6.58. The smallest absolute Gasteiger partial charge is 0.268 e. The van der Waals surface area contributed by atoms with Gasteiger partial charge in [0.15, 0.2) is 5.78 Å². The standard InChI is InChI=1S/C16H13NO2S3/c1-10-5-6-11(21-10)8-14-16(19)17(2)15(22-14)9-12(18)13-4-3-7-20-13/h3-9H,1-2H3/b14-8-,15-9-. The summed E-state index contributed by atoms with van der Waals surface area (Å²) in [6, 6.07) is 7.66. The van der Waals surface area contributed by atoms with Gasteiger partial charge in [0.2, 0.25) is 0 Å². The second-order valence-corrected chi connectivity index (χ2v) is 8.08. The number of carbonyl (C=O) groups is 1. The fourth-order valence-corrected chi connectivity index (χ4v) is 4.52. The van der Waals surface area contributed by atoms with E-state index in [-0.39, 0.29) is 11.3 Å². The van der Waals surface area contributed by atoms with Gasteiger partial charge in [-0.1, -0.05) is 6.07 Å². The van der Waals surface area contributed by atoms with E-state index in [4.69, 9.17) is 0 Å². The number of nitrogens with zero attached hydrogens (tertiary/aromatic N) is 1. The SMILES string of the molecule is Cc1ccc(/C=c2\s/c(=C\C(=O)c3cccs3)n(C)c2=O)s1. The molecule has 0 aromatic carbocycles. The molecule has 3 nitrogen and oxygen atoms in total. The summed E-state index contributed by atoms with van der Waals surface area (Å²) in [4.78, 5) is 27.4. The molecule has 0 atom stereocenters. The number of hydrogen-bond donors (Lipinski definition) is 0. The van der Waals surface area contributed by atoms with Crippen LogP contribution in [0, 0.1) is 6.92 Å². The Morgan fingerprint density at radius 3 is 2.68 bits per heavy atom. The molecule has 0 bridgehead atoms. The predicted octanol–water partition coefficient (Wildman–Crippen LogP) is 2.37. The van der Waals surface area contributed by atoms with Crippen LogP contribution in [0.2, 0.25) is 0 Å². The molecule has 0 aliphatic carbocycles. The Kier molecular flexibility index (Phi) is 4.24. The van der Waals surface area contributed by atoms with Gasteiger partial charge in [-0.2, -0.15) is 0 Å². The lowest BCUT2D eigenvalue weighted by molar-refractivity contribution is 0.106. The molecule has 0 aliphatic heterocycles. The molecular formula is C16H13NO2S3. The van der Waals surface area contributed by atoms with Crippen molar-refractivity contribution in [3.63, 3.8) is 0 Å². The maximum atomic E-state index is 12.3. The van der Waals surface area contributed by atoms with E-state index in [9.17, 15) is 9.59 Å². The van der Waals surface area contributed by atoms with Gasteiger partial charge in [-0.3, -0.25) is 9.59 Å². The predicted molar refractivity (Wildman–Crippen MR) is 94.5 cm³/mol. The number of thiophene rings is 2. The molecule has 3 aromatic heterocycles. The number of aromatic nitrogens is 1. The molecule has 3 rings (SSSR count). The molecule has 3 aromatic rings. The van der Waals surface area contributed by atoms with Gasteiger partial charge >= 0.3 is 0 Å². The maximum Gasteiger partial charge on any atom is 0.268 e. The van der Waals surface area contributed by atoms with Gasteiger partial charge in [0.1, 0.15) is 4.66 Å². The van der Waals surface area contributed by atoms with E-state index in [1.54, 1.807) is 24.5 Å². The largest absolute Gasteiger partial charge is 0.302 e. The summed E-state index contributed by atoms with van der Waals surface area (Å²) in [7, 11) is 1.70. The first-order chi connectivity index (χ1) is 10.5. The zero-order valence-electron chi connectivity index (χ0n) is 12.0. The Hall–Kier alpha value is -1.76. The zero-order chi connectivity index (χ0) is 15.7. The molecule has 0 fully saturated rings. The maximum absolute atomic E-state index is 12.3. The van der Waals surface area contributed by atoms with Crippen LogP contribution in [0.1, 0.15) is 19.4 Å². The van der Waals surface area contributed by atoms with Gasteiger partial charge in [0, 0.05) is 22.9 Å². The number of rotatable bonds is 3. The van der Waals surface area contributed by atoms with Gasteiger partial charge in [0.05, 0.1) is 9.41 Å². The highest BCUT2D eigenvalue weighted by molar-refractivity contribution is 7.13. The summed E-state index contributed by atoms with van der Waals surface area (Å²) < 4.78 is 2.85. The first kappa shape index (κ1) is 15.1. The van der Waals surface area contributed by atoms with Crippen molar-refractivity contribution in [1.82, 2.24) is 4.57 Å². The highest BCUT2D eigenvalue weighted by Gasteiger charge is 2.06. The second kappa shape index (κ2) is 6.16.